The predicted molar refractivity (Wildman–Crippen MR) is 77.1 cm³/mol. The van der Waals surface area contributed by atoms with Crippen molar-refractivity contribution < 1.29 is 19.6 Å². The Hall–Kier alpha value is -2.74. The average Bonchev–Trinajstić information content (AvgIpc) is 2.79. The maximum Gasteiger partial charge on any atom is 0.338 e. The Morgan fingerprint density at radius 1 is 1.29 bits per heavy atom. The molecule has 7 nitrogen and oxygen atoms in total. The standard InChI is InChI=1S/C13H10N2O5S/c1-7-6-9(13(17)18)12(21-7)14-11(16)8-4-2-3-5-10(8)15(19)20/h2-6H,1H3,(H,14,16)(H,17,18). The van der Waals surface area contributed by atoms with Crippen LogP contribution in [-0.4, -0.2) is 21.9 Å². The molecule has 1 aromatic carbocycles. The molecule has 0 aliphatic rings. The predicted octanol–water partition coefficient (Wildman–Crippen LogP) is 2.92. The fraction of sp³-hybridized carbons (Fsp3) is 0.0769. The fourth-order valence-corrected chi connectivity index (χ4v) is 2.66. The highest BCUT2D eigenvalue weighted by molar-refractivity contribution is 7.16. The Balaban J connectivity index is 2.35. The number of para-hydroxylation sites is 1. The van der Waals surface area contributed by atoms with E-state index in [0.29, 0.717) is 4.88 Å². The highest BCUT2D eigenvalue weighted by Gasteiger charge is 2.22. The first kappa shape index (κ1) is 14.7. The number of anilines is 1. The number of carboxylic acid groups (broad SMARTS) is 1. The molecule has 1 amide bonds. The van der Waals surface area contributed by atoms with Gasteiger partial charge in [-0.05, 0) is 19.1 Å². The number of carbonyl (C=O) groups is 2. The Morgan fingerprint density at radius 2 is 1.95 bits per heavy atom. The van der Waals surface area contributed by atoms with Gasteiger partial charge in [-0.25, -0.2) is 4.79 Å². The van der Waals surface area contributed by atoms with Crippen molar-refractivity contribution in [1.82, 2.24) is 0 Å². The fourth-order valence-electron chi connectivity index (χ4n) is 1.76. The van der Waals surface area contributed by atoms with Crippen molar-refractivity contribution in [1.29, 1.82) is 0 Å². The number of nitrogens with one attached hydrogen (secondary N) is 1. The summed E-state index contributed by atoms with van der Waals surface area (Å²) in [7, 11) is 0. The lowest BCUT2D eigenvalue weighted by Gasteiger charge is -2.04. The first-order valence-electron chi connectivity index (χ1n) is 5.78. The highest BCUT2D eigenvalue weighted by Crippen LogP contribution is 2.29. The van der Waals surface area contributed by atoms with E-state index >= 15 is 0 Å². The van der Waals surface area contributed by atoms with Crippen LogP contribution in [0.5, 0.6) is 0 Å². The van der Waals surface area contributed by atoms with Crippen LogP contribution in [0.25, 0.3) is 0 Å². The van der Waals surface area contributed by atoms with Crippen LogP contribution in [-0.2, 0) is 0 Å². The topological polar surface area (TPSA) is 110 Å². The molecule has 0 saturated carbocycles. The van der Waals surface area contributed by atoms with Crippen molar-refractivity contribution in [2.45, 2.75) is 6.92 Å². The molecule has 1 aromatic heterocycles. The lowest BCUT2D eigenvalue weighted by atomic mass is 10.1. The van der Waals surface area contributed by atoms with Crippen molar-refractivity contribution in [2.24, 2.45) is 0 Å². The second-order valence-electron chi connectivity index (χ2n) is 4.13. The van der Waals surface area contributed by atoms with Gasteiger partial charge in [0.25, 0.3) is 11.6 Å². The molecule has 2 rings (SSSR count). The average molecular weight is 306 g/mol. The molecule has 0 radical (unpaired) electrons. The van der Waals surface area contributed by atoms with Crippen LogP contribution >= 0.6 is 11.3 Å². The van der Waals surface area contributed by atoms with Gasteiger partial charge in [0.05, 0.1) is 10.5 Å². The van der Waals surface area contributed by atoms with Gasteiger partial charge in [0.1, 0.15) is 10.6 Å². The van der Waals surface area contributed by atoms with Gasteiger partial charge in [0.15, 0.2) is 0 Å². The van der Waals surface area contributed by atoms with Gasteiger partial charge in [-0.1, -0.05) is 12.1 Å². The van der Waals surface area contributed by atoms with Gasteiger partial charge in [0.2, 0.25) is 0 Å². The third kappa shape index (κ3) is 3.06. The van der Waals surface area contributed by atoms with E-state index in [1.807, 2.05) is 0 Å². The normalized spacial score (nSPS) is 10.1. The van der Waals surface area contributed by atoms with Crippen LogP contribution in [0.2, 0.25) is 0 Å². The first-order chi connectivity index (χ1) is 9.90. The molecular weight excluding hydrogens is 296 g/mol. The third-order valence-corrected chi connectivity index (χ3v) is 3.62. The van der Waals surface area contributed by atoms with E-state index in [0.717, 1.165) is 11.3 Å². The van der Waals surface area contributed by atoms with Crippen molar-refractivity contribution in [2.75, 3.05) is 5.32 Å². The van der Waals surface area contributed by atoms with E-state index < -0.39 is 16.8 Å². The zero-order valence-electron chi connectivity index (χ0n) is 10.8. The monoisotopic (exact) mass is 306 g/mol. The molecule has 108 valence electrons. The van der Waals surface area contributed by atoms with Crippen molar-refractivity contribution in [3.05, 3.63) is 56.5 Å². The quantitative estimate of drug-likeness (QED) is 0.666. The van der Waals surface area contributed by atoms with E-state index in [2.05, 4.69) is 5.32 Å². The number of nitro benzene ring substituents is 1. The molecular formula is C13H10N2O5S. The Labute approximate surface area is 123 Å². The number of nitrogens with zero attached hydrogens (tertiary/aromatic N) is 1. The minimum atomic E-state index is -1.17. The van der Waals surface area contributed by atoms with Crippen LogP contribution < -0.4 is 5.32 Å². The minimum Gasteiger partial charge on any atom is -0.478 e. The molecule has 0 fully saturated rings. The lowest BCUT2D eigenvalue weighted by molar-refractivity contribution is -0.385. The second kappa shape index (κ2) is 5.71. The van der Waals surface area contributed by atoms with Crippen molar-refractivity contribution >= 4 is 33.9 Å². The largest absolute Gasteiger partial charge is 0.478 e. The summed E-state index contributed by atoms with van der Waals surface area (Å²) < 4.78 is 0. The van der Waals surface area contributed by atoms with Crippen LogP contribution in [0.3, 0.4) is 0 Å². The van der Waals surface area contributed by atoms with Crippen molar-refractivity contribution in [3.8, 4) is 0 Å². The van der Waals surface area contributed by atoms with Gasteiger partial charge in [-0.15, -0.1) is 11.3 Å². The molecule has 0 unspecified atom stereocenters. The first-order valence-corrected chi connectivity index (χ1v) is 6.60. The number of nitro groups is 1. The summed E-state index contributed by atoms with van der Waals surface area (Å²) in [6, 6.07) is 6.91. The van der Waals surface area contributed by atoms with E-state index in [4.69, 9.17) is 5.11 Å². The number of aryl methyl sites for hydroxylation is 1. The number of amides is 1. The molecule has 21 heavy (non-hydrogen) atoms. The maximum atomic E-state index is 12.1. The zero-order chi connectivity index (χ0) is 15.6. The minimum absolute atomic E-state index is 0.0376. The summed E-state index contributed by atoms with van der Waals surface area (Å²) in [6.45, 7) is 1.71. The molecule has 0 aliphatic carbocycles. The number of carboxylic acids is 1. The zero-order valence-corrected chi connectivity index (χ0v) is 11.6. The maximum absolute atomic E-state index is 12.1. The van der Waals surface area contributed by atoms with Crippen molar-refractivity contribution in [3.63, 3.8) is 0 Å². The number of hydrogen-bond acceptors (Lipinski definition) is 5. The highest BCUT2D eigenvalue weighted by atomic mass is 32.1. The number of hydrogen-bond donors (Lipinski definition) is 2. The summed E-state index contributed by atoms with van der Waals surface area (Å²) in [4.78, 5) is 34.1. The molecule has 0 spiro atoms. The summed E-state index contributed by atoms with van der Waals surface area (Å²) >= 11 is 1.10. The van der Waals surface area contributed by atoms with Crippen LogP contribution in [0.1, 0.15) is 25.6 Å². The number of rotatable bonds is 4. The second-order valence-corrected chi connectivity index (χ2v) is 5.39. The third-order valence-electron chi connectivity index (χ3n) is 2.66. The van der Waals surface area contributed by atoms with Gasteiger partial charge in [-0.2, -0.15) is 0 Å². The Kier molecular flexibility index (Phi) is 3.99. The molecule has 0 atom stereocenters. The van der Waals surface area contributed by atoms with E-state index in [-0.39, 0.29) is 21.8 Å². The van der Waals surface area contributed by atoms with Crippen LogP contribution in [0, 0.1) is 17.0 Å². The van der Waals surface area contributed by atoms with Gasteiger partial charge < -0.3 is 10.4 Å². The SMILES string of the molecule is Cc1cc(C(=O)O)c(NC(=O)c2ccccc2[N+](=O)[O-])s1. The summed E-state index contributed by atoms with van der Waals surface area (Å²) in [5.41, 5.74) is -0.491. The molecule has 2 N–H and O–H groups in total. The number of aromatic carboxylic acids is 1. The van der Waals surface area contributed by atoms with Gasteiger partial charge in [0, 0.05) is 10.9 Å². The summed E-state index contributed by atoms with van der Waals surface area (Å²) in [5, 5.41) is 22.5. The Bertz CT molecular complexity index is 738. The lowest BCUT2D eigenvalue weighted by Crippen LogP contribution is -2.14. The molecule has 2 aromatic rings. The molecule has 0 aliphatic heterocycles. The van der Waals surface area contributed by atoms with Gasteiger partial charge in [-0.3, -0.25) is 14.9 Å². The van der Waals surface area contributed by atoms with Gasteiger partial charge >= 0.3 is 5.97 Å². The molecule has 8 heteroatoms. The molecule has 0 bridgehead atoms. The smallest absolute Gasteiger partial charge is 0.338 e. The molecule has 0 saturated heterocycles. The number of thiophene rings is 1. The molecule has 1 heterocycles. The van der Waals surface area contributed by atoms with E-state index in [1.165, 1.54) is 30.3 Å². The summed E-state index contributed by atoms with van der Waals surface area (Å²) in [5.74, 6) is -1.89. The number of benzene rings is 1. The van der Waals surface area contributed by atoms with E-state index in [1.54, 1.807) is 6.92 Å². The summed E-state index contributed by atoms with van der Waals surface area (Å²) in [6.07, 6.45) is 0. The number of carbonyl (C=O) groups excluding carboxylic acids is 1. The van der Waals surface area contributed by atoms with E-state index in [9.17, 15) is 19.7 Å². The van der Waals surface area contributed by atoms with Crippen LogP contribution in [0.15, 0.2) is 30.3 Å². The van der Waals surface area contributed by atoms with Crippen LogP contribution in [0.4, 0.5) is 10.7 Å². The Morgan fingerprint density at radius 3 is 2.57 bits per heavy atom.